The van der Waals surface area contributed by atoms with E-state index in [0.29, 0.717) is 4.47 Å². The maximum absolute atomic E-state index is 14.0. The molecule has 0 aromatic heterocycles. The summed E-state index contributed by atoms with van der Waals surface area (Å²) in [5.74, 6) is -1.63. The Labute approximate surface area is 147 Å². The molecule has 138 valence electrons. The number of carbonyl (C=O) groups excluding carboxylic acids is 1. The molecule has 25 heavy (non-hydrogen) atoms. The van der Waals surface area contributed by atoms with Gasteiger partial charge < -0.3 is 5.32 Å². The lowest BCUT2D eigenvalue weighted by atomic mass is 9.89. The molecule has 0 aliphatic carbocycles. The quantitative estimate of drug-likeness (QED) is 0.884. The van der Waals surface area contributed by atoms with Crippen LogP contribution in [0.5, 0.6) is 0 Å². The minimum absolute atomic E-state index is 0.0260. The van der Waals surface area contributed by atoms with Crippen LogP contribution in [0.3, 0.4) is 0 Å². The molecule has 0 saturated heterocycles. The Bertz CT molecular complexity index is 797. The number of hydrogen-bond acceptors (Lipinski definition) is 4. The minimum atomic E-state index is -4.33. The molecule has 6 nitrogen and oxygen atoms in total. The first-order valence-electron chi connectivity index (χ1n) is 7.94. The molecule has 1 aromatic rings. The van der Waals surface area contributed by atoms with Crippen LogP contribution in [-0.2, 0) is 19.7 Å². The van der Waals surface area contributed by atoms with Gasteiger partial charge in [0.2, 0.25) is 5.91 Å². The highest BCUT2D eigenvalue weighted by atomic mass is 32.2. The van der Waals surface area contributed by atoms with E-state index in [9.17, 15) is 17.6 Å². The van der Waals surface area contributed by atoms with Crippen molar-refractivity contribution in [2.24, 2.45) is 11.3 Å². The van der Waals surface area contributed by atoms with Gasteiger partial charge in [-0.2, -0.15) is 8.42 Å². The number of carbonyl (C=O) groups is 1. The molecule has 1 unspecified atom stereocenters. The van der Waals surface area contributed by atoms with Crippen LogP contribution in [0.4, 0.5) is 4.39 Å². The van der Waals surface area contributed by atoms with E-state index in [1.807, 2.05) is 20.8 Å². The Hall–Kier alpha value is -1.93. The van der Waals surface area contributed by atoms with Crippen LogP contribution in [0.15, 0.2) is 41.1 Å². The van der Waals surface area contributed by atoms with Gasteiger partial charge in [0, 0.05) is 5.92 Å². The number of nitrogens with zero attached hydrogens (tertiary/aromatic N) is 1. The van der Waals surface area contributed by atoms with Crippen LogP contribution >= 0.6 is 0 Å². The predicted octanol–water partition coefficient (Wildman–Crippen LogP) is 2.79. The molecular weight excluding hydrogens is 347 g/mol. The fourth-order valence-electron chi connectivity index (χ4n) is 2.09. The highest BCUT2D eigenvalue weighted by Crippen LogP contribution is 2.34. The van der Waals surface area contributed by atoms with Crippen molar-refractivity contribution in [1.82, 2.24) is 9.79 Å². The van der Waals surface area contributed by atoms with E-state index in [2.05, 4.69) is 5.32 Å². The lowest BCUT2D eigenvalue weighted by Crippen LogP contribution is -2.39. The van der Waals surface area contributed by atoms with Crippen LogP contribution in [0.25, 0.3) is 0 Å². The lowest BCUT2D eigenvalue weighted by Gasteiger charge is -2.27. The number of benzene rings is 1. The summed E-state index contributed by atoms with van der Waals surface area (Å²) in [7, 11) is -4.33. The van der Waals surface area contributed by atoms with Gasteiger partial charge in [-0.3, -0.25) is 4.79 Å². The van der Waals surface area contributed by atoms with E-state index in [1.165, 1.54) is 18.2 Å². The van der Waals surface area contributed by atoms with E-state index in [4.69, 9.17) is 4.84 Å². The summed E-state index contributed by atoms with van der Waals surface area (Å²) in [5.41, 5.74) is -0.423. The normalized spacial score (nSPS) is 18.4. The van der Waals surface area contributed by atoms with Gasteiger partial charge >= 0.3 is 0 Å². The second-order valence-electron chi connectivity index (χ2n) is 7.25. The molecule has 8 heteroatoms. The average Bonchev–Trinajstić information content (AvgIpc) is 2.92. The maximum Gasteiger partial charge on any atom is 0.291 e. The number of hydroxylamine groups is 1. The van der Waals surface area contributed by atoms with E-state index >= 15 is 0 Å². The van der Waals surface area contributed by atoms with E-state index in [-0.39, 0.29) is 17.6 Å². The fraction of sp³-hybridized carbons (Fsp3) is 0.471. The summed E-state index contributed by atoms with van der Waals surface area (Å²) < 4.78 is 40.3. The molecule has 1 aliphatic heterocycles. The molecule has 0 fully saturated rings. The predicted molar refractivity (Wildman–Crippen MR) is 90.8 cm³/mol. The van der Waals surface area contributed by atoms with Gasteiger partial charge in [-0.1, -0.05) is 46.8 Å². The summed E-state index contributed by atoms with van der Waals surface area (Å²) in [4.78, 5) is 17.1. The third kappa shape index (κ3) is 4.01. The first-order chi connectivity index (χ1) is 11.4. The highest BCUT2D eigenvalue weighted by molar-refractivity contribution is 7.89. The Morgan fingerprint density at radius 1 is 1.28 bits per heavy atom. The monoisotopic (exact) mass is 370 g/mol. The molecule has 0 spiro atoms. The van der Waals surface area contributed by atoms with Crippen LogP contribution in [0, 0.1) is 17.2 Å². The van der Waals surface area contributed by atoms with Gasteiger partial charge in [0.05, 0.1) is 0 Å². The van der Waals surface area contributed by atoms with Crippen LogP contribution in [-0.4, -0.2) is 24.9 Å². The number of amides is 1. The van der Waals surface area contributed by atoms with Crippen molar-refractivity contribution in [3.05, 3.63) is 42.0 Å². The summed E-state index contributed by atoms with van der Waals surface area (Å²) in [6.07, 6.45) is 0.926. The zero-order valence-electron chi connectivity index (χ0n) is 14.9. The fourth-order valence-corrected chi connectivity index (χ4v) is 3.41. The average molecular weight is 370 g/mol. The standard InChI is InChI=1S/C17H23FN2O4S/c1-11(2)16(21)19-15-10-14(17(3,4)5)24-20(15)25(22,23)13-9-7-6-8-12(13)18/h6-11,14H,1-5H3,(H,19,21). The maximum atomic E-state index is 14.0. The largest absolute Gasteiger partial charge is 0.310 e. The van der Waals surface area contributed by atoms with Gasteiger partial charge in [0.1, 0.15) is 22.6 Å². The van der Waals surface area contributed by atoms with Gasteiger partial charge in [-0.25, -0.2) is 9.23 Å². The number of sulfonamides is 1. The van der Waals surface area contributed by atoms with E-state index in [1.54, 1.807) is 13.8 Å². The summed E-state index contributed by atoms with van der Waals surface area (Å²) in [6, 6.07) is 5.03. The molecule has 1 heterocycles. The Morgan fingerprint density at radius 2 is 1.88 bits per heavy atom. The van der Waals surface area contributed by atoms with Crippen molar-refractivity contribution in [3.63, 3.8) is 0 Å². The molecule has 1 atom stereocenters. The molecular formula is C17H23FN2O4S. The number of nitrogens with one attached hydrogen (secondary N) is 1. The molecule has 0 radical (unpaired) electrons. The van der Waals surface area contributed by atoms with Crippen molar-refractivity contribution in [3.8, 4) is 0 Å². The molecule has 0 saturated carbocycles. The topological polar surface area (TPSA) is 75.7 Å². The molecule has 1 aromatic carbocycles. The van der Waals surface area contributed by atoms with Crippen molar-refractivity contribution >= 4 is 15.9 Å². The third-order valence-electron chi connectivity index (χ3n) is 3.68. The molecule has 2 rings (SSSR count). The van der Waals surface area contributed by atoms with Crippen LogP contribution in [0.1, 0.15) is 34.6 Å². The van der Waals surface area contributed by atoms with Crippen molar-refractivity contribution < 1.29 is 22.4 Å². The molecule has 1 aliphatic rings. The zero-order chi connectivity index (χ0) is 19.0. The van der Waals surface area contributed by atoms with Gasteiger partial charge in [0.15, 0.2) is 0 Å². The first-order valence-corrected chi connectivity index (χ1v) is 9.38. The first kappa shape index (κ1) is 19.4. The van der Waals surface area contributed by atoms with Crippen LogP contribution in [0.2, 0.25) is 0 Å². The van der Waals surface area contributed by atoms with Crippen molar-refractivity contribution in [2.45, 2.75) is 45.6 Å². The SMILES string of the molecule is CC(C)C(=O)NC1=CC(C(C)(C)C)ON1S(=O)(=O)c1ccccc1F. The molecule has 1 amide bonds. The lowest BCUT2D eigenvalue weighted by molar-refractivity contribution is -0.127. The second kappa shape index (κ2) is 6.76. The van der Waals surface area contributed by atoms with E-state index in [0.717, 1.165) is 12.1 Å². The minimum Gasteiger partial charge on any atom is -0.310 e. The number of halogens is 1. The van der Waals surface area contributed by atoms with Crippen LogP contribution < -0.4 is 5.32 Å². The van der Waals surface area contributed by atoms with Crippen molar-refractivity contribution in [1.29, 1.82) is 0 Å². The smallest absolute Gasteiger partial charge is 0.291 e. The number of rotatable bonds is 4. The summed E-state index contributed by atoms with van der Waals surface area (Å²) in [5, 5.41) is 2.55. The zero-order valence-corrected chi connectivity index (χ0v) is 15.7. The summed E-state index contributed by atoms with van der Waals surface area (Å²) >= 11 is 0. The second-order valence-corrected chi connectivity index (χ2v) is 8.97. The Kier molecular flexibility index (Phi) is 5.24. The Balaban J connectivity index is 2.45. The molecule has 1 N–H and O–H groups in total. The van der Waals surface area contributed by atoms with E-state index < -0.39 is 32.3 Å². The van der Waals surface area contributed by atoms with Gasteiger partial charge in [-0.15, -0.1) is 4.47 Å². The highest BCUT2D eigenvalue weighted by Gasteiger charge is 2.41. The van der Waals surface area contributed by atoms with Crippen molar-refractivity contribution in [2.75, 3.05) is 0 Å². The van der Waals surface area contributed by atoms with Gasteiger partial charge in [-0.05, 0) is 23.6 Å². The third-order valence-corrected chi connectivity index (χ3v) is 5.28. The molecule has 0 bridgehead atoms. The Morgan fingerprint density at radius 3 is 2.40 bits per heavy atom. The summed E-state index contributed by atoms with van der Waals surface area (Å²) in [6.45, 7) is 8.98. The number of hydrogen-bond donors (Lipinski definition) is 1. The van der Waals surface area contributed by atoms with Gasteiger partial charge in [0.25, 0.3) is 10.0 Å².